The third-order valence-corrected chi connectivity index (χ3v) is 7.34. The lowest BCUT2D eigenvalue weighted by Gasteiger charge is -2.36. The Hall–Kier alpha value is -2.19. The number of amides is 1. The van der Waals surface area contributed by atoms with Crippen molar-refractivity contribution in [2.75, 3.05) is 26.3 Å². The maximum atomic E-state index is 13.3. The molecule has 0 radical (unpaired) electrons. The van der Waals surface area contributed by atoms with Crippen LogP contribution in [-0.4, -0.2) is 62.7 Å². The van der Waals surface area contributed by atoms with Gasteiger partial charge in [0.15, 0.2) is 5.65 Å². The summed E-state index contributed by atoms with van der Waals surface area (Å²) in [6, 6.07) is 2.51. The monoisotopic (exact) mass is 411 g/mol. The highest BCUT2D eigenvalue weighted by atomic mass is 16.5. The molecule has 8 heteroatoms. The summed E-state index contributed by atoms with van der Waals surface area (Å²) in [5.74, 6) is 0.502. The Morgan fingerprint density at radius 1 is 1.13 bits per heavy atom. The first kappa shape index (κ1) is 18.6. The topological polar surface area (TPSA) is 82.9 Å². The van der Waals surface area contributed by atoms with Crippen LogP contribution < -0.4 is 5.56 Å². The first-order chi connectivity index (χ1) is 14.7. The summed E-state index contributed by atoms with van der Waals surface area (Å²) in [6.45, 7) is 4.04. The molecule has 2 aromatic rings. The van der Waals surface area contributed by atoms with Crippen LogP contribution in [0.2, 0.25) is 0 Å². The molecule has 0 aromatic carbocycles. The molecule has 1 atom stereocenters. The number of aromatic amines is 1. The van der Waals surface area contributed by atoms with Gasteiger partial charge in [-0.3, -0.25) is 19.6 Å². The average molecular weight is 412 g/mol. The van der Waals surface area contributed by atoms with E-state index in [0.717, 1.165) is 88.2 Å². The van der Waals surface area contributed by atoms with Gasteiger partial charge in [-0.25, -0.2) is 9.50 Å². The molecule has 0 bridgehead atoms. The molecule has 2 saturated heterocycles. The number of H-pyrrole nitrogens is 1. The van der Waals surface area contributed by atoms with Crippen LogP contribution in [-0.2, 0) is 22.5 Å². The van der Waals surface area contributed by atoms with Crippen molar-refractivity contribution in [3.63, 3.8) is 0 Å². The highest BCUT2D eigenvalue weighted by molar-refractivity contribution is 5.81. The number of carbonyl (C=O) groups is 1. The van der Waals surface area contributed by atoms with Gasteiger partial charge < -0.3 is 9.64 Å². The van der Waals surface area contributed by atoms with Gasteiger partial charge in [0.05, 0.1) is 23.0 Å². The maximum Gasteiger partial charge on any atom is 0.277 e. The van der Waals surface area contributed by atoms with Gasteiger partial charge in [-0.15, -0.1) is 0 Å². The summed E-state index contributed by atoms with van der Waals surface area (Å²) >= 11 is 0. The van der Waals surface area contributed by atoms with Crippen molar-refractivity contribution in [2.24, 2.45) is 5.92 Å². The van der Waals surface area contributed by atoms with Gasteiger partial charge in [-0.1, -0.05) is 0 Å². The van der Waals surface area contributed by atoms with Gasteiger partial charge in [0.25, 0.3) is 5.56 Å². The molecule has 4 aliphatic rings. The van der Waals surface area contributed by atoms with Crippen molar-refractivity contribution < 1.29 is 9.53 Å². The van der Waals surface area contributed by atoms with Crippen LogP contribution in [0.4, 0.5) is 0 Å². The van der Waals surface area contributed by atoms with E-state index in [1.54, 1.807) is 4.52 Å². The van der Waals surface area contributed by atoms with E-state index in [1.807, 2.05) is 11.0 Å². The fourth-order valence-corrected chi connectivity index (χ4v) is 5.47. The fourth-order valence-electron chi connectivity index (χ4n) is 5.47. The summed E-state index contributed by atoms with van der Waals surface area (Å²) in [5, 5.41) is 3.30. The Labute approximate surface area is 175 Å². The SMILES string of the molecule is O=C(C1CC1)N1CCC[C@@H]1c1cc2nc3c(c(=O)n2[nH]1)CN(C1CCOCC1)CC3. The van der Waals surface area contributed by atoms with Crippen LogP contribution in [0.1, 0.15) is 61.5 Å². The first-order valence-electron chi connectivity index (χ1n) is 11.4. The molecule has 1 amide bonds. The quantitative estimate of drug-likeness (QED) is 0.830. The molecule has 1 N–H and O–H groups in total. The Kier molecular flexibility index (Phi) is 4.46. The number of nitrogens with one attached hydrogen (secondary N) is 1. The Morgan fingerprint density at radius 2 is 1.97 bits per heavy atom. The van der Waals surface area contributed by atoms with Crippen molar-refractivity contribution >= 4 is 11.6 Å². The summed E-state index contributed by atoms with van der Waals surface area (Å²) < 4.78 is 7.10. The highest BCUT2D eigenvalue weighted by Gasteiger charge is 2.39. The van der Waals surface area contributed by atoms with E-state index >= 15 is 0 Å². The second-order valence-electron chi connectivity index (χ2n) is 9.28. The Balaban J connectivity index is 1.31. The van der Waals surface area contributed by atoms with Crippen LogP contribution in [0.3, 0.4) is 0 Å². The number of ether oxygens (including phenoxy) is 1. The van der Waals surface area contributed by atoms with Crippen molar-refractivity contribution in [2.45, 2.75) is 63.6 Å². The van der Waals surface area contributed by atoms with E-state index in [2.05, 4.69) is 10.00 Å². The van der Waals surface area contributed by atoms with Crippen molar-refractivity contribution in [3.05, 3.63) is 33.4 Å². The molecule has 30 heavy (non-hydrogen) atoms. The Morgan fingerprint density at radius 3 is 2.77 bits per heavy atom. The second kappa shape index (κ2) is 7.20. The second-order valence-corrected chi connectivity index (χ2v) is 9.28. The lowest BCUT2D eigenvalue weighted by molar-refractivity contribution is -0.133. The van der Waals surface area contributed by atoms with Gasteiger partial charge >= 0.3 is 0 Å². The summed E-state index contributed by atoms with van der Waals surface area (Å²) in [7, 11) is 0. The third-order valence-electron chi connectivity index (χ3n) is 7.34. The minimum Gasteiger partial charge on any atom is -0.381 e. The predicted octanol–water partition coefficient (Wildman–Crippen LogP) is 1.63. The van der Waals surface area contributed by atoms with E-state index in [0.29, 0.717) is 18.2 Å². The standard InChI is InChI=1S/C22H29N5O3/c28-21(14-3-4-14)26-8-1-2-19(26)18-12-20-23-17-5-9-25(15-6-10-30-11-7-15)13-16(17)22(29)27(20)24-18/h12,14-15,19,24H,1-11,13H2/t19-/m1/s1. The highest BCUT2D eigenvalue weighted by Crippen LogP contribution is 2.38. The maximum absolute atomic E-state index is 13.3. The van der Waals surface area contributed by atoms with E-state index in [9.17, 15) is 9.59 Å². The van der Waals surface area contributed by atoms with Gasteiger partial charge in [0.2, 0.25) is 5.91 Å². The van der Waals surface area contributed by atoms with Crippen LogP contribution in [0.15, 0.2) is 10.9 Å². The van der Waals surface area contributed by atoms with E-state index in [1.165, 1.54) is 0 Å². The lowest BCUT2D eigenvalue weighted by Crippen LogP contribution is -2.44. The van der Waals surface area contributed by atoms with Gasteiger partial charge in [0.1, 0.15) is 0 Å². The summed E-state index contributed by atoms with van der Waals surface area (Å²) in [4.78, 5) is 35.3. The van der Waals surface area contributed by atoms with E-state index < -0.39 is 0 Å². The zero-order chi connectivity index (χ0) is 20.2. The van der Waals surface area contributed by atoms with Crippen LogP contribution in [0.25, 0.3) is 5.65 Å². The number of hydrogen-bond donors (Lipinski definition) is 1. The smallest absolute Gasteiger partial charge is 0.277 e. The molecule has 1 aliphatic carbocycles. The minimum absolute atomic E-state index is 0.0103. The molecule has 5 heterocycles. The molecule has 0 spiro atoms. The van der Waals surface area contributed by atoms with Crippen LogP contribution in [0, 0.1) is 5.92 Å². The number of aromatic nitrogens is 3. The molecule has 1 saturated carbocycles. The van der Waals surface area contributed by atoms with E-state index in [4.69, 9.17) is 9.72 Å². The fraction of sp³-hybridized carbons (Fsp3) is 0.682. The number of nitrogens with zero attached hydrogens (tertiary/aromatic N) is 4. The molecule has 160 valence electrons. The third kappa shape index (κ3) is 3.08. The molecule has 0 unspecified atom stereocenters. The predicted molar refractivity (Wildman–Crippen MR) is 110 cm³/mol. The zero-order valence-corrected chi connectivity index (χ0v) is 17.3. The van der Waals surface area contributed by atoms with E-state index in [-0.39, 0.29) is 23.4 Å². The van der Waals surface area contributed by atoms with Crippen molar-refractivity contribution in [1.29, 1.82) is 0 Å². The number of fused-ring (bicyclic) bond motifs is 2. The molecule has 6 rings (SSSR count). The number of carbonyl (C=O) groups excluding carboxylic acids is 1. The zero-order valence-electron chi connectivity index (χ0n) is 17.3. The summed E-state index contributed by atoms with van der Waals surface area (Å²) in [5.41, 5.74) is 3.38. The molecular formula is C22H29N5O3. The largest absolute Gasteiger partial charge is 0.381 e. The molecule has 8 nitrogen and oxygen atoms in total. The normalized spacial score (nSPS) is 25.7. The molecule has 3 aliphatic heterocycles. The Bertz CT molecular complexity index is 1030. The summed E-state index contributed by atoms with van der Waals surface area (Å²) in [6.07, 6.45) is 6.87. The lowest BCUT2D eigenvalue weighted by atomic mass is 10.0. The van der Waals surface area contributed by atoms with Gasteiger partial charge in [0, 0.05) is 57.3 Å². The number of likely N-dealkylation sites (tertiary alicyclic amines) is 1. The minimum atomic E-state index is 0.0103. The average Bonchev–Trinajstić information content (AvgIpc) is 3.36. The number of rotatable bonds is 3. The van der Waals surface area contributed by atoms with Crippen LogP contribution >= 0.6 is 0 Å². The number of hydrogen-bond acceptors (Lipinski definition) is 5. The van der Waals surface area contributed by atoms with Crippen molar-refractivity contribution in [3.8, 4) is 0 Å². The molecule has 3 fully saturated rings. The van der Waals surface area contributed by atoms with Crippen molar-refractivity contribution in [1.82, 2.24) is 24.4 Å². The van der Waals surface area contributed by atoms with Crippen LogP contribution in [0.5, 0.6) is 0 Å². The van der Waals surface area contributed by atoms with Gasteiger partial charge in [-0.05, 0) is 38.5 Å². The van der Waals surface area contributed by atoms with Gasteiger partial charge in [-0.2, -0.15) is 0 Å². The first-order valence-corrected chi connectivity index (χ1v) is 11.4. The molecular weight excluding hydrogens is 382 g/mol. The molecule has 2 aromatic heterocycles.